The van der Waals surface area contributed by atoms with Crippen molar-refractivity contribution in [2.75, 3.05) is 25.5 Å². The molecule has 0 saturated heterocycles. The van der Waals surface area contributed by atoms with E-state index in [4.69, 9.17) is 0 Å². The molecule has 152 valence electrons. The maximum atomic E-state index is 12.9. The molecule has 0 spiro atoms. The third kappa shape index (κ3) is 4.79. The molecule has 0 aliphatic rings. The lowest BCUT2D eigenvalue weighted by Crippen LogP contribution is -2.40. The lowest BCUT2D eigenvalue weighted by Gasteiger charge is -2.20. The Bertz CT molecular complexity index is 959. The number of fused-ring (bicyclic) bond motifs is 1. The summed E-state index contributed by atoms with van der Waals surface area (Å²) in [6.45, 7) is 1.55. The number of hydroxylamine groups is 2. The average molecular weight is 407 g/mol. The van der Waals surface area contributed by atoms with Gasteiger partial charge in [0.2, 0.25) is 12.3 Å². The Morgan fingerprint density at radius 1 is 1.18 bits per heavy atom. The van der Waals surface area contributed by atoms with Gasteiger partial charge >= 0.3 is 0 Å². The molecule has 0 aliphatic heterocycles. The SMILES string of the molecule is CCCC(CN(O)C=O)C(=O)NS(=O)(=O)c1cccc2c(N(C)C)cccc12. The summed E-state index contributed by atoms with van der Waals surface area (Å²) in [6.07, 6.45) is 1.09. The van der Waals surface area contributed by atoms with E-state index in [0.717, 1.165) is 11.1 Å². The zero-order chi connectivity index (χ0) is 20.9. The molecule has 1 unspecified atom stereocenters. The number of hydrogen-bond acceptors (Lipinski definition) is 6. The Kier molecular flexibility index (Phi) is 6.98. The molecule has 0 saturated carbocycles. The van der Waals surface area contributed by atoms with Crippen LogP contribution in [0.4, 0.5) is 5.69 Å². The van der Waals surface area contributed by atoms with Crippen molar-refractivity contribution in [2.45, 2.75) is 24.7 Å². The monoisotopic (exact) mass is 407 g/mol. The number of sulfonamides is 1. The molecule has 0 aliphatic carbocycles. The van der Waals surface area contributed by atoms with Crippen LogP contribution in [0.15, 0.2) is 41.3 Å². The first-order valence-electron chi connectivity index (χ1n) is 8.87. The van der Waals surface area contributed by atoms with Gasteiger partial charge in [-0.1, -0.05) is 37.6 Å². The molecular weight excluding hydrogens is 382 g/mol. The van der Waals surface area contributed by atoms with Gasteiger partial charge in [-0.05, 0) is 18.6 Å². The second-order valence-electron chi connectivity index (χ2n) is 6.71. The van der Waals surface area contributed by atoms with Crippen molar-refractivity contribution in [3.63, 3.8) is 0 Å². The first-order valence-corrected chi connectivity index (χ1v) is 10.4. The number of nitrogens with zero attached hydrogens (tertiary/aromatic N) is 2. The summed E-state index contributed by atoms with van der Waals surface area (Å²) in [7, 11) is -0.417. The number of amides is 2. The zero-order valence-corrected chi connectivity index (χ0v) is 16.9. The van der Waals surface area contributed by atoms with Crippen LogP contribution in [0.1, 0.15) is 19.8 Å². The van der Waals surface area contributed by atoms with Gasteiger partial charge in [0.25, 0.3) is 10.0 Å². The van der Waals surface area contributed by atoms with Gasteiger partial charge in [0, 0.05) is 30.6 Å². The summed E-state index contributed by atoms with van der Waals surface area (Å²) in [4.78, 5) is 25.0. The van der Waals surface area contributed by atoms with Crippen molar-refractivity contribution in [3.8, 4) is 0 Å². The van der Waals surface area contributed by atoms with E-state index in [1.165, 1.54) is 6.07 Å². The highest BCUT2D eigenvalue weighted by Crippen LogP contribution is 2.30. The van der Waals surface area contributed by atoms with Gasteiger partial charge in [0.05, 0.1) is 17.4 Å². The van der Waals surface area contributed by atoms with Crippen LogP contribution in [-0.4, -0.2) is 51.6 Å². The minimum absolute atomic E-state index is 0.00598. The Morgan fingerprint density at radius 3 is 2.43 bits per heavy atom. The Labute approximate surface area is 164 Å². The lowest BCUT2D eigenvalue weighted by molar-refractivity contribution is -0.154. The largest absolute Gasteiger partial charge is 0.377 e. The number of carbonyl (C=O) groups is 2. The van der Waals surface area contributed by atoms with Crippen LogP contribution in [-0.2, 0) is 19.6 Å². The number of carbonyl (C=O) groups excluding carboxylic acids is 2. The number of nitrogens with one attached hydrogen (secondary N) is 1. The minimum Gasteiger partial charge on any atom is -0.377 e. The van der Waals surface area contributed by atoms with Crippen molar-refractivity contribution in [1.82, 2.24) is 9.79 Å². The van der Waals surface area contributed by atoms with Gasteiger partial charge in [-0.2, -0.15) is 0 Å². The van der Waals surface area contributed by atoms with Crippen LogP contribution in [0.2, 0.25) is 0 Å². The molecule has 0 fully saturated rings. The quantitative estimate of drug-likeness (QED) is 0.374. The third-order valence-electron chi connectivity index (χ3n) is 4.40. The predicted molar refractivity (Wildman–Crippen MR) is 107 cm³/mol. The first kappa shape index (κ1) is 21.6. The zero-order valence-electron chi connectivity index (χ0n) is 16.1. The predicted octanol–water partition coefficient (Wildman–Crippen LogP) is 1.97. The van der Waals surface area contributed by atoms with E-state index in [0.29, 0.717) is 23.3 Å². The molecule has 9 heteroatoms. The van der Waals surface area contributed by atoms with E-state index < -0.39 is 21.8 Å². The molecule has 0 heterocycles. The minimum atomic E-state index is -4.14. The Balaban J connectivity index is 2.40. The molecule has 1 atom stereocenters. The number of anilines is 1. The summed E-state index contributed by atoms with van der Waals surface area (Å²) in [5, 5.41) is 11.0. The highest BCUT2D eigenvalue weighted by atomic mass is 32.2. The van der Waals surface area contributed by atoms with Gasteiger partial charge in [0.15, 0.2) is 0 Å². The highest BCUT2D eigenvalue weighted by Gasteiger charge is 2.27. The number of hydrogen-bond donors (Lipinski definition) is 2. The van der Waals surface area contributed by atoms with Crippen molar-refractivity contribution < 1.29 is 23.2 Å². The van der Waals surface area contributed by atoms with Crippen LogP contribution in [0, 0.1) is 5.92 Å². The standard InChI is InChI=1S/C19H25N3O5S/c1-4-7-14(12-22(25)13-23)19(24)20-28(26,27)18-11-6-8-15-16(18)9-5-10-17(15)21(2)3/h5-6,8-11,13-14,25H,4,7,12H2,1-3H3,(H,20,24). The summed E-state index contributed by atoms with van der Waals surface area (Å²) in [5.41, 5.74) is 0.853. The molecule has 2 aromatic rings. The van der Waals surface area contributed by atoms with Crippen molar-refractivity contribution in [3.05, 3.63) is 36.4 Å². The molecule has 28 heavy (non-hydrogen) atoms. The molecule has 2 amide bonds. The van der Waals surface area contributed by atoms with Crippen LogP contribution in [0.25, 0.3) is 10.8 Å². The Morgan fingerprint density at radius 2 is 1.82 bits per heavy atom. The molecule has 0 aromatic heterocycles. The van der Waals surface area contributed by atoms with Gasteiger partial charge in [-0.25, -0.2) is 18.2 Å². The van der Waals surface area contributed by atoms with Crippen LogP contribution in [0.3, 0.4) is 0 Å². The van der Waals surface area contributed by atoms with Crippen molar-refractivity contribution >= 4 is 38.8 Å². The van der Waals surface area contributed by atoms with Gasteiger partial charge in [-0.15, -0.1) is 0 Å². The molecular formula is C19H25N3O5S. The van der Waals surface area contributed by atoms with E-state index in [9.17, 15) is 23.2 Å². The maximum absolute atomic E-state index is 12.9. The number of benzene rings is 2. The van der Waals surface area contributed by atoms with E-state index in [2.05, 4.69) is 4.72 Å². The summed E-state index contributed by atoms with van der Waals surface area (Å²) in [5.74, 6) is -1.61. The van der Waals surface area contributed by atoms with Gasteiger partial charge in [-0.3, -0.25) is 14.8 Å². The smallest absolute Gasteiger partial charge is 0.264 e. The molecule has 0 bridgehead atoms. The van der Waals surface area contributed by atoms with Crippen LogP contribution in [0.5, 0.6) is 0 Å². The number of rotatable bonds is 9. The fraction of sp³-hybridized carbons (Fsp3) is 0.368. The molecule has 2 rings (SSSR count). The fourth-order valence-corrected chi connectivity index (χ4v) is 4.35. The first-order chi connectivity index (χ1) is 13.2. The third-order valence-corrected chi connectivity index (χ3v) is 5.81. The van der Waals surface area contributed by atoms with E-state index >= 15 is 0 Å². The second-order valence-corrected chi connectivity index (χ2v) is 8.36. The lowest BCUT2D eigenvalue weighted by atomic mass is 10.0. The van der Waals surface area contributed by atoms with Crippen LogP contribution >= 0.6 is 0 Å². The van der Waals surface area contributed by atoms with Gasteiger partial charge in [0.1, 0.15) is 0 Å². The van der Waals surface area contributed by atoms with Crippen molar-refractivity contribution in [1.29, 1.82) is 0 Å². The van der Waals surface area contributed by atoms with E-state index in [1.807, 2.05) is 38.1 Å². The van der Waals surface area contributed by atoms with Crippen molar-refractivity contribution in [2.24, 2.45) is 5.92 Å². The fourth-order valence-electron chi connectivity index (χ4n) is 3.08. The summed E-state index contributed by atoms with van der Waals surface area (Å²) < 4.78 is 27.9. The molecule has 8 nitrogen and oxygen atoms in total. The molecule has 2 aromatic carbocycles. The average Bonchev–Trinajstić information content (AvgIpc) is 2.65. The summed E-state index contributed by atoms with van der Waals surface area (Å²) >= 11 is 0. The van der Waals surface area contributed by atoms with Crippen LogP contribution < -0.4 is 9.62 Å². The maximum Gasteiger partial charge on any atom is 0.264 e. The van der Waals surface area contributed by atoms with E-state index in [-0.39, 0.29) is 17.9 Å². The van der Waals surface area contributed by atoms with Gasteiger partial charge < -0.3 is 4.90 Å². The Hall–Kier alpha value is -2.65. The second kappa shape index (κ2) is 9.03. The summed E-state index contributed by atoms with van der Waals surface area (Å²) in [6, 6.07) is 10.2. The van der Waals surface area contributed by atoms with E-state index in [1.54, 1.807) is 18.2 Å². The molecule has 2 N–H and O–H groups in total. The highest BCUT2D eigenvalue weighted by molar-refractivity contribution is 7.90. The topological polar surface area (TPSA) is 107 Å². The normalized spacial score (nSPS) is 12.4. The molecule has 0 radical (unpaired) electrons.